The Balaban J connectivity index is 1.56. The van der Waals surface area contributed by atoms with Crippen LogP contribution in [0.1, 0.15) is 11.7 Å². The van der Waals surface area contributed by atoms with Crippen molar-refractivity contribution in [3.8, 4) is 11.4 Å². The number of halogens is 1. The van der Waals surface area contributed by atoms with Gasteiger partial charge in [0.1, 0.15) is 5.76 Å². The van der Waals surface area contributed by atoms with Crippen LogP contribution in [0, 0.1) is 6.92 Å². The van der Waals surface area contributed by atoms with E-state index in [0.29, 0.717) is 22.4 Å². The van der Waals surface area contributed by atoms with Gasteiger partial charge in [-0.3, -0.25) is 5.32 Å². The zero-order valence-corrected chi connectivity index (χ0v) is 12.8. The van der Waals surface area contributed by atoms with Crippen LogP contribution in [0.2, 0.25) is 5.02 Å². The summed E-state index contributed by atoms with van der Waals surface area (Å²) in [6.07, 6.45) is 0. The molecule has 0 aliphatic carbocycles. The Labute approximate surface area is 135 Å². The number of nitrogens with one attached hydrogen (secondary N) is 2. The minimum Gasteiger partial charge on any atom is -0.360 e. The van der Waals surface area contributed by atoms with Crippen LogP contribution in [-0.4, -0.2) is 21.3 Å². The summed E-state index contributed by atoms with van der Waals surface area (Å²) >= 11 is 5.83. The van der Waals surface area contributed by atoms with Crippen molar-refractivity contribution in [3.05, 3.63) is 47.0 Å². The van der Waals surface area contributed by atoms with E-state index in [9.17, 15) is 4.79 Å². The van der Waals surface area contributed by atoms with Crippen molar-refractivity contribution in [1.82, 2.24) is 20.6 Å². The molecule has 0 aliphatic heterocycles. The number of urea groups is 1. The second-order valence-corrected chi connectivity index (χ2v) is 5.09. The lowest BCUT2D eigenvalue weighted by atomic mass is 10.2. The Morgan fingerprint density at radius 2 is 2.00 bits per heavy atom. The van der Waals surface area contributed by atoms with Gasteiger partial charge in [-0.15, -0.1) is 0 Å². The zero-order valence-electron chi connectivity index (χ0n) is 12.0. The molecule has 0 bridgehead atoms. The van der Waals surface area contributed by atoms with Gasteiger partial charge in [-0.25, -0.2) is 4.79 Å². The molecular formula is C14H12ClN5O3. The van der Waals surface area contributed by atoms with Gasteiger partial charge in [0.15, 0.2) is 5.82 Å². The molecule has 0 atom stereocenters. The fraction of sp³-hybridized carbons (Fsp3) is 0.143. The molecule has 0 fully saturated rings. The quantitative estimate of drug-likeness (QED) is 0.760. The number of carbonyl (C=O) groups excluding carboxylic acids is 1. The van der Waals surface area contributed by atoms with E-state index in [2.05, 4.69) is 25.9 Å². The smallest absolute Gasteiger partial charge is 0.320 e. The molecule has 1 aromatic carbocycles. The molecule has 0 saturated carbocycles. The highest BCUT2D eigenvalue weighted by atomic mass is 35.5. The second-order valence-electron chi connectivity index (χ2n) is 4.65. The van der Waals surface area contributed by atoms with E-state index in [4.69, 9.17) is 20.6 Å². The van der Waals surface area contributed by atoms with Crippen LogP contribution in [0.15, 0.2) is 39.4 Å². The summed E-state index contributed by atoms with van der Waals surface area (Å²) in [5.74, 6) is 1.63. The van der Waals surface area contributed by atoms with Gasteiger partial charge in [0, 0.05) is 16.7 Å². The topological polar surface area (TPSA) is 106 Å². The molecule has 23 heavy (non-hydrogen) atoms. The number of rotatable bonds is 4. The predicted molar refractivity (Wildman–Crippen MR) is 81.8 cm³/mol. The van der Waals surface area contributed by atoms with E-state index < -0.39 is 6.03 Å². The minimum absolute atomic E-state index is 0.0866. The van der Waals surface area contributed by atoms with Crippen LogP contribution in [0.5, 0.6) is 0 Å². The molecule has 2 N–H and O–H groups in total. The van der Waals surface area contributed by atoms with Gasteiger partial charge in [-0.2, -0.15) is 4.98 Å². The van der Waals surface area contributed by atoms with Gasteiger partial charge in [-0.05, 0) is 31.2 Å². The first kappa shape index (κ1) is 15.0. The van der Waals surface area contributed by atoms with Crippen molar-refractivity contribution in [2.75, 3.05) is 5.32 Å². The number of amides is 2. The molecule has 2 amide bonds. The lowest BCUT2D eigenvalue weighted by molar-refractivity contribution is 0.249. The highest BCUT2D eigenvalue weighted by Gasteiger charge is 2.11. The van der Waals surface area contributed by atoms with Crippen LogP contribution < -0.4 is 10.6 Å². The fourth-order valence-electron chi connectivity index (χ4n) is 1.78. The van der Waals surface area contributed by atoms with Gasteiger partial charge in [0.25, 0.3) is 0 Å². The van der Waals surface area contributed by atoms with Crippen molar-refractivity contribution in [2.45, 2.75) is 13.5 Å². The van der Waals surface area contributed by atoms with E-state index in [1.165, 1.54) is 0 Å². The number of carbonyl (C=O) groups is 1. The average Bonchev–Trinajstić information content (AvgIpc) is 3.15. The molecule has 0 unspecified atom stereocenters. The number of aromatic nitrogens is 3. The lowest BCUT2D eigenvalue weighted by Crippen LogP contribution is -2.28. The summed E-state index contributed by atoms with van der Waals surface area (Å²) in [6, 6.07) is 8.18. The normalized spacial score (nSPS) is 10.5. The van der Waals surface area contributed by atoms with E-state index in [1.54, 1.807) is 37.3 Å². The maximum absolute atomic E-state index is 11.7. The highest BCUT2D eigenvalue weighted by molar-refractivity contribution is 6.30. The predicted octanol–water partition coefficient (Wildman–Crippen LogP) is 3.01. The van der Waals surface area contributed by atoms with Crippen molar-refractivity contribution in [3.63, 3.8) is 0 Å². The number of anilines is 1. The SMILES string of the molecule is Cc1cc(NC(=O)NCc2nc(-c3ccc(Cl)cc3)no2)no1. The van der Waals surface area contributed by atoms with E-state index in [0.717, 1.165) is 5.56 Å². The summed E-state index contributed by atoms with van der Waals surface area (Å²) in [6.45, 7) is 1.82. The summed E-state index contributed by atoms with van der Waals surface area (Å²) in [7, 11) is 0. The first-order chi connectivity index (χ1) is 11.1. The monoisotopic (exact) mass is 333 g/mol. The summed E-state index contributed by atoms with van der Waals surface area (Å²) in [5, 5.41) is 13.2. The van der Waals surface area contributed by atoms with Crippen molar-refractivity contribution in [1.29, 1.82) is 0 Å². The molecule has 0 saturated heterocycles. The molecule has 0 radical (unpaired) electrons. The number of nitrogens with zero attached hydrogens (tertiary/aromatic N) is 3. The fourth-order valence-corrected chi connectivity index (χ4v) is 1.91. The molecular weight excluding hydrogens is 322 g/mol. The second kappa shape index (κ2) is 6.49. The molecule has 3 rings (SSSR count). The number of hydrogen-bond donors (Lipinski definition) is 2. The highest BCUT2D eigenvalue weighted by Crippen LogP contribution is 2.18. The molecule has 118 valence electrons. The van der Waals surface area contributed by atoms with Crippen molar-refractivity contribution >= 4 is 23.4 Å². The minimum atomic E-state index is -0.454. The van der Waals surface area contributed by atoms with Gasteiger partial charge in [-0.1, -0.05) is 21.9 Å². The third kappa shape index (κ3) is 3.86. The van der Waals surface area contributed by atoms with Crippen molar-refractivity contribution < 1.29 is 13.8 Å². The van der Waals surface area contributed by atoms with E-state index in [1.807, 2.05) is 0 Å². The summed E-state index contributed by atoms with van der Waals surface area (Å²) < 4.78 is 9.93. The molecule has 2 aromatic heterocycles. The first-order valence-corrected chi connectivity index (χ1v) is 7.04. The van der Waals surface area contributed by atoms with Crippen LogP contribution in [0.25, 0.3) is 11.4 Å². The maximum Gasteiger partial charge on any atom is 0.320 e. The largest absolute Gasteiger partial charge is 0.360 e. The molecule has 2 heterocycles. The summed E-state index contributed by atoms with van der Waals surface area (Å²) in [5.41, 5.74) is 0.770. The molecule has 0 spiro atoms. The van der Waals surface area contributed by atoms with Gasteiger partial charge in [0.05, 0.1) is 6.54 Å². The van der Waals surface area contributed by atoms with Gasteiger partial charge >= 0.3 is 6.03 Å². The molecule has 3 aromatic rings. The van der Waals surface area contributed by atoms with E-state index >= 15 is 0 Å². The van der Waals surface area contributed by atoms with Crippen LogP contribution in [-0.2, 0) is 6.54 Å². The third-order valence-electron chi connectivity index (χ3n) is 2.84. The Morgan fingerprint density at radius 1 is 1.22 bits per heavy atom. The maximum atomic E-state index is 11.7. The number of benzene rings is 1. The Hall–Kier alpha value is -2.87. The van der Waals surface area contributed by atoms with Crippen LogP contribution >= 0.6 is 11.6 Å². The third-order valence-corrected chi connectivity index (χ3v) is 3.09. The Morgan fingerprint density at radius 3 is 2.70 bits per heavy atom. The van der Waals surface area contributed by atoms with Gasteiger partial charge in [0.2, 0.25) is 11.7 Å². The number of hydrogen-bond acceptors (Lipinski definition) is 6. The summed E-state index contributed by atoms with van der Waals surface area (Å²) in [4.78, 5) is 15.9. The Bertz CT molecular complexity index is 812. The molecule has 8 nitrogen and oxygen atoms in total. The van der Waals surface area contributed by atoms with Crippen LogP contribution in [0.3, 0.4) is 0 Å². The van der Waals surface area contributed by atoms with Gasteiger partial charge < -0.3 is 14.4 Å². The van der Waals surface area contributed by atoms with E-state index in [-0.39, 0.29) is 12.4 Å². The molecule has 0 aliphatic rings. The van der Waals surface area contributed by atoms with Crippen molar-refractivity contribution in [2.24, 2.45) is 0 Å². The zero-order chi connectivity index (χ0) is 16.2. The number of aryl methyl sites for hydroxylation is 1. The standard InChI is InChI=1S/C14H12ClN5O3/c1-8-6-11(19-22-8)17-14(21)16-7-12-18-13(20-23-12)9-2-4-10(15)5-3-9/h2-6H,7H2,1H3,(H2,16,17,19,21). The Kier molecular flexibility index (Phi) is 4.24. The lowest BCUT2D eigenvalue weighted by Gasteiger charge is -2.01. The average molecular weight is 334 g/mol. The van der Waals surface area contributed by atoms with Crippen LogP contribution in [0.4, 0.5) is 10.6 Å². The first-order valence-electron chi connectivity index (χ1n) is 6.67. The molecule has 9 heteroatoms.